The molecular formula is C16H14BrIN2O2S. The van der Waals surface area contributed by atoms with E-state index >= 15 is 0 Å². The molecule has 0 aromatic heterocycles. The van der Waals surface area contributed by atoms with Crippen LogP contribution in [0.15, 0.2) is 46.9 Å². The molecule has 0 radical (unpaired) electrons. The molecule has 2 N–H and O–H groups in total. The van der Waals surface area contributed by atoms with Crippen LogP contribution in [-0.4, -0.2) is 17.6 Å². The van der Waals surface area contributed by atoms with Gasteiger partial charge < -0.3 is 10.1 Å². The highest BCUT2D eigenvalue weighted by atomic mass is 127. The zero-order chi connectivity index (χ0) is 16.8. The van der Waals surface area contributed by atoms with E-state index in [0.29, 0.717) is 17.9 Å². The monoisotopic (exact) mass is 504 g/mol. The second kappa shape index (κ2) is 8.60. The van der Waals surface area contributed by atoms with Gasteiger partial charge in [0.2, 0.25) is 0 Å². The van der Waals surface area contributed by atoms with E-state index in [2.05, 4.69) is 49.2 Å². The van der Waals surface area contributed by atoms with E-state index in [9.17, 15) is 4.79 Å². The number of hydrogen-bond acceptors (Lipinski definition) is 3. The molecule has 0 heterocycles. The van der Waals surface area contributed by atoms with Gasteiger partial charge in [0, 0.05) is 13.7 Å². The van der Waals surface area contributed by atoms with E-state index < -0.39 is 0 Å². The molecule has 0 aliphatic carbocycles. The van der Waals surface area contributed by atoms with E-state index in [-0.39, 0.29) is 11.0 Å². The van der Waals surface area contributed by atoms with Crippen molar-refractivity contribution in [2.45, 2.75) is 6.92 Å². The molecule has 0 atom stereocenters. The van der Waals surface area contributed by atoms with Crippen molar-refractivity contribution in [3.05, 3.63) is 56.1 Å². The molecule has 1 amide bonds. The quantitative estimate of drug-likeness (QED) is 0.472. The van der Waals surface area contributed by atoms with E-state index in [0.717, 1.165) is 13.7 Å². The predicted molar refractivity (Wildman–Crippen MR) is 108 cm³/mol. The van der Waals surface area contributed by atoms with Crippen LogP contribution >= 0.6 is 50.7 Å². The van der Waals surface area contributed by atoms with Crippen LogP contribution in [0.4, 0.5) is 5.69 Å². The van der Waals surface area contributed by atoms with Crippen LogP contribution in [-0.2, 0) is 0 Å². The summed E-state index contributed by atoms with van der Waals surface area (Å²) in [6, 6.07) is 13.0. The number of ether oxygens (including phenoxy) is 1. The number of benzene rings is 2. The van der Waals surface area contributed by atoms with E-state index in [4.69, 9.17) is 17.0 Å². The first-order valence-corrected chi connectivity index (χ1v) is 9.08. The topological polar surface area (TPSA) is 50.4 Å². The summed E-state index contributed by atoms with van der Waals surface area (Å²) >= 11 is 10.8. The number of carbonyl (C=O) groups is 1. The van der Waals surface area contributed by atoms with Crippen LogP contribution in [0.1, 0.15) is 17.3 Å². The third-order valence-electron chi connectivity index (χ3n) is 2.82. The minimum absolute atomic E-state index is 0.235. The van der Waals surface area contributed by atoms with Gasteiger partial charge in [-0.1, -0.05) is 15.9 Å². The summed E-state index contributed by atoms with van der Waals surface area (Å²) in [5.74, 6) is 0.197. The van der Waals surface area contributed by atoms with Crippen LogP contribution in [0.5, 0.6) is 5.75 Å². The number of carbonyl (C=O) groups excluding carboxylic acids is 1. The van der Waals surface area contributed by atoms with E-state index in [1.54, 1.807) is 12.1 Å². The molecule has 0 fully saturated rings. The molecule has 0 saturated carbocycles. The lowest BCUT2D eigenvalue weighted by Gasteiger charge is -2.13. The lowest BCUT2D eigenvalue weighted by molar-refractivity contribution is 0.0974. The van der Waals surface area contributed by atoms with Crippen LogP contribution in [0.3, 0.4) is 0 Å². The number of anilines is 1. The Hall–Kier alpha value is -1.19. The van der Waals surface area contributed by atoms with Gasteiger partial charge in [-0.25, -0.2) is 0 Å². The van der Waals surface area contributed by atoms with Gasteiger partial charge in [-0.3, -0.25) is 10.1 Å². The Morgan fingerprint density at radius 3 is 2.61 bits per heavy atom. The zero-order valence-electron chi connectivity index (χ0n) is 12.2. The van der Waals surface area contributed by atoms with Crippen LogP contribution in [0.25, 0.3) is 0 Å². The van der Waals surface area contributed by atoms with Crippen LogP contribution in [0, 0.1) is 3.57 Å². The molecule has 4 nitrogen and oxygen atoms in total. The summed E-state index contributed by atoms with van der Waals surface area (Å²) in [6.45, 7) is 2.35. The lowest BCUT2D eigenvalue weighted by atomic mass is 10.2. The largest absolute Gasteiger partial charge is 0.493 e. The molecule has 0 aliphatic rings. The first-order chi connectivity index (χ1) is 11.0. The molecular weight excluding hydrogens is 491 g/mol. The molecule has 120 valence electrons. The van der Waals surface area contributed by atoms with Gasteiger partial charge in [0.25, 0.3) is 5.91 Å². The fourth-order valence-corrected chi connectivity index (χ4v) is 2.76. The molecule has 0 saturated heterocycles. The Kier molecular flexibility index (Phi) is 6.79. The van der Waals surface area contributed by atoms with Crippen molar-refractivity contribution < 1.29 is 9.53 Å². The van der Waals surface area contributed by atoms with Gasteiger partial charge in [0.1, 0.15) is 5.75 Å². The highest BCUT2D eigenvalue weighted by Crippen LogP contribution is 2.23. The van der Waals surface area contributed by atoms with Crippen LogP contribution < -0.4 is 15.4 Å². The molecule has 0 unspecified atom stereocenters. The van der Waals surface area contributed by atoms with Gasteiger partial charge in [-0.05, 0) is 84.2 Å². The van der Waals surface area contributed by atoms with E-state index in [1.807, 2.05) is 37.3 Å². The Bertz CT molecular complexity index is 723. The SMILES string of the molecule is CCOc1ccc(Br)cc1C(=O)NC(=S)Nc1ccc(I)cc1. The number of hydrogen-bond donors (Lipinski definition) is 2. The molecule has 0 spiro atoms. The Morgan fingerprint density at radius 2 is 1.96 bits per heavy atom. The molecule has 23 heavy (non-hydrogen) atoms. The average molecular weight is 505 g/mol. The number of amides is 1. The van der Waals surface area contributed by atoms with Gasteiger partial charge in [0.05, 0.1) is 12.2 Å². The fraction of sp³-hybridized carbons (Fsp3) is 0.125. The number of nitrogens with one attached hydrogen (secondary N) is 2. The van der Waals surface area contributed by atoms with E-state index in [1.165, 1.54) is 0 Å². The summed E-state index contributed by atoms with van der Waals surface area (Å²) in [6.07, 6.45) is 0. The summed E-state index contributed by atoms with van der Waals surface area (Å²) in [5, 5.41) is 5.88. The number of thiocarbonyl (C=S) groups is 1. The molecule has 0 bridgehead atoms. The van der Waals surface area contributed by atoms with Crippen molar-refractivity contribution in [1.82, 2.24) is 5.32 Å². The fourth-order valence-electron chi connectivity index (χ4n) is 1.83. The smallest absolute Gasteiger partial charge is 0.261 e. The van der Waals surface area contributed by atoms with Crippen molar-refractivity contribution in [2.24, 2.45) is 0 Å². The molecule has 2 aromatic carbocycles. The third kappa shape index (κ3) is 5.43. The van der Waals surface area contributed by atoms with Crippen LogP contribution in [0.2, 0.25) is 0 Å². The molecule has 2 rings (SSSR count). The first kappa shape index (κ1) is 18.2. The maximum atomic E-state index is 12.4. The van der Waals surface area contributed by atoms with Gasteiger partial charge in [-0.2, -0.15) is 0 Å². The normalized spacial score (nSPS) is 10.0. The molecule has 7 heteroatoms. The molecule has 0 aliphatic heterocycles. The van der Waals surface area contributed by atoms with Crippen molar-refractivity contribution in [3.8, 4) is 5.75 Å². The maximum Gasteiger partial charge on any atom is 0.261 e. The van der Waals surface area contributed by atoms with Gasteiger partial charge >= 0.3 is 0 Å². The third-order valence-corrected chi connectivity index (χ3v) is 4.23. The lowest BCUT2D eigenvalue weighted by Crippen LogP contribution is -2.34. The molecule has 2 aromatic rings. The van der Waals surface area contributed by atoms with Gasteiger partial charge in [0.15, 0.2) is 5.11 Å². The highest BCUT2D eigenvalue weighted by Gasteiger charge is 2.14. The Balaban J connectivity index is 2.07. The summed E-state index contributed by atoms with van der Waals surface area (Å²) < 4.78 is 7.40. The summed E-state index contributed by atoms with van der Waals surface area (Å²) in [4.78, 5) is 12.4. The standard InChI is InChI=1S/C16H14BrIN2O2S/c1-2-22-14-8-3-10(17)9-13(14)15(21)20-16(23)19-12-6-4-11(18)5-7-12/h3-9H,2H2,1H3,(H2,19,20,21,23). The second-order valence-electron chi connectivity index (χ2n) is 4.49. The maximum absolute atomic E-state index is 12.4. The summed E-state index contributed by atoms with van der Waals surface area (Å²) in [5.41, 5.74) is 1.24. The van der Waals surface area contributed by atoms with Crippen molar-refractivity contribution in [1.29, 1.82) is 0 Å². The average Bonchev–Trinajstić information content (AvgIpc) is 2.51. The summed E-state index contributed by atoms with van der Waals surface area (Å²) in [7, 11) is 0. The second-order valence-corrected chi connectivity index (χ2v) is 7.06. The van der Waals surface area contributed by atoms with Crippen molar-refractivity contribution >= 4 is 67.4 Å². The Labute approximate surface area is 162 Å². The minimum Gasteiger partial charge on any atom is -0.493 e. The zero-order valence-corrected chi connectivity index (χ0v) is 16.8. The predicted octanol–water partition coefficient (Wildman–Crippen LogP) is 4.58. The highest BCUT2D eigenvalue weighted by molar-refractivity contribution is 14.1. The number of rotatable bonds is 4. The van der Waals surface area contributed by atoms with Gasteiger partial charge in [-0.15, -0.1) is 0 Å². The van der Waals surface area contributed by atoms with Crippen molar-refractivity contribution in [3.63, 3.8) is 0 Å². The number of halogens is 2. The van der Waals surface area contributed by atoms with Crippen molar-refractivity contribution in [2.75, 3.05) is 11.9 Å². The Morgan fingerprint density at radius 1 is 1.26 bits per heavy atom. The minimum atomic E-state index is -0.322. The first-order valence-electron chi connectivity index (χ1n) is 6.80.